The summed E-state index contributed by atoms with van der Waals surface area (Å²) < 4.78 is 0. The first-order chi connectivity index (χ1) is 18.1. The average Bonchev–Trinajstić information content (AvgIpc) is 3.32. The number of nitrogens with one attached hydrogen (secondary N) is 3. The highest BCUT2D eigenvalue weighted by molar-refractivity contribution is 6.04. The number of hydrogen-bond donors (Lipinski definition) is 3. The first-order valence-electron chi connectivity index (χ1n) is 13.2. The van der Waals surface area contributed by atoms with Gasteiger partial charge in [0.05, 0.1) is 16.6 Å². The van der Waals surface area contributed by atoms with Gasteiger partial charge < -0.3 is 15.6 Å². The zero-order valence-corrected chi connectivity index (χ0v) is 20.5. The fraction of sp³-hybridized carbons (Fsp3) is 0.333. The number of imidazole rings is 1. The molecule has 4 aromatic rings. The second-order valence-electron chi connectivity index (χ2n) is 11.0. The van der Waals surface area contributed by atoms with Crippen molar-refractivity contribution >= 4 is 34.2 Å². The number of aromatic nitrogens is 3. The lowest BCUT2D eigenvalue weighted by Gasteiger charge is -2.53. The molecule has 0 radical (unpaired) electrons. The third-order valence-corrected chi connectivity index (χ3v) is 8.62. The normalized spacial score (nSPS) is 25.8. The first kappa shape index (κ1) is 22.2. The molecule has 8 rings (SSSR count). The van der Waals surface area contributed by atoms with Gasteiger partial charge in [-0.2, -0.15) is 0 Å². The molecule has 3 N–H and O–H groups in total. The molecule has 2 aromatic heterocycles. The quantitative estimate of drug-likeness (QED) is 0.324. The van der Waals surface area contributed by atoms with Gasteiger partial charge in [0.1, 0.15) is 5.82 Å². The van der Waals surface area contributed by atoms with Crippen molar-refractivity contribution in [3.05, 3.63) is 72.6 Å². The van der Waals surface area contributed by atoms with Gasteiger partial charge in [-0.1, -0.05) is 0 Å². The minimum absolute atomic E-state index is 0.165. The van der Waals surface area contributed by atoms with Gasteiger partial charge in [0.15, 0.2) is 0 Å². The van der Waals surface area contributed by atoms with E-state index < -0.39 is 0 Å². The zero-order chi connectivity index (χ0) is 24.9. The Morgan fingerprint density at radius 2 is 1.57 bits per heavy atom. The van der Waals surface area contributed by atoms with E-state index in [0.717, 1.165) is 39.9 Å². The molecule has 4 aliphatic rings. The number of nitrogens with zero attached hydrogens (tertiary/aromatic N) is 2. The van der Waals surface area contributed by atoms with Crippen LogP contribution in [0.15, 0.2) is 67.0 Å². The van der Waals surface area contributed by atoms with Gasteiger partial charge in [-0.15, -0.1) is 0 Å². The van der Waals surface area contributed by atoms with Gasteiger partial charge in [-0.3, -0.25) is 14.6 Å². The molecule has 37 heavy (non-hydrogen) atoms. The van der Waals surface area contributed by atoms with E-state index in [2.05, 4.69) is 20.6 Å². The van der Waals surface area contributed by atoms with E-state index >= 15 is 0 Å². The average molecular weight is 492 g/mol. The van der Waals surface area contributed by atoms with Crippen molar-refractivity contribution in [1.29, 1.82) is 0 Å². The standard InChI is InChI=1S/C30H29N5O2/c36-29(20-2-1-9-31-16-20)32-23-5-3-19(4-6-23)28-34-25-8-7-24(15-26(25)35-28)33-30(37)27-21-11-17-10-18(13-21)14-22(27)12-17/h1-9,15-18,21-22,27H,10-14H2,(H,32,36)(H,33,37)(H,34,35). The van der Waals surface area contributed by atoms with Crippen LogP contribution in [0.2, 0.25) is 0 Å². The number of pyridine rings is 1. The minimum atomic E-state index is -0.201. The summed E-state index contributed by atoms with van der Waals surface area (Å²) in [5.74, 6) is 3.74. The van der Waals surface area contributed by atoms with E-state index in [1.807, 2.05) is 42.5 Å². The molecule has 2 heterocycles. The molecule has 0 saturated heterocycles. The van der Waals surface area contributed by atoms with E-state index in [0.29, 0.717) is 23.1 Å². The van der Waals surface area contributed by atoms with Gasteiger partial charge in [0, 0.05) is 35.2 Å². The van der Waals surface area contributed by atoms with Gasteiger partial charge in [0.25, 0.3) is 5.91 Å². The molecule has 2 amide bonds. The van der Waals surface area contributed by atoms with Crippen molar-refractivity contribution in [2.45, 2.75) is 32.1 Å². The summed E-state index contributed by atoms with van der Waals surface area (Å²) in [4.78, 5) is 37.8. The summed E-state index contributed by atoms with van der Waals surface area (Å²) in [6.45, 7) is 0. The lowest BCUT2D eigenvalue weighted by Crippen LogP contribution is -2.49. The summed E-state index contributed by atoms with van der Waals surface area (Å²) >= 11 is 0. The smallest absolute Gasteiger partial charge is 0.257 e. The van der Waals surface area contributed by atoms with Crippen LogP contribution >= 0.6 is 0 Å². The van der Waals surface area contributed by atoms with E-state index in [-0.39, 0.29) is 17.7 Å². The van der Waals surface area contributed by atoms with Crippen molar-refractivity contribution in [1.82, 2.24) is 15.0 Å². The number of anilines is 2. The summed E-state index contributed by atoms with van der Waals surface area (Å²) in [5, 5.41) is 6.10. The largest absolute Gasteiger partial charge is 0.338 e. The number of aromatic amines is 1. The monoisotopic (exact) mass is 491 g/mol. The van der Waals surface area contributed by atoms with Crippen LogP contribution in [-0.4, -0.2) is 26.8 Å². The molecule has 0 atom stereocenters. The molecule has 4 aliphatic carbocycles. The molecule has 4 bridgehead atoms. The van der Waals surface area contributed by atoms with Gasteiger partial charge >= 0.3 is 0 Å². The molecule has 0 aliphatic heterocycles. The molecule has 2 aromatic carbocycles. The molecular formula is C30H29N5O2. The SMILES string of the molecule is O=C(Nc1ccc(-c2nc3ccc(NC(=O)C4C5CC6CC(C5)CC4C6)cc3[nH]2)cc1)c1cccnc1. The highest BCUT2D eigenvalue weighted by atomic mass is 16.2. The Morgan fingerprint density at radius 1 is 0.838 bits per heavy atom. The fourth-order valence-electron chi connectivity index (χ4n) is 7.21. The summed E-state index contributed by atoms with van der Waals surface area (Å²) in [7, 11) is 0. The van der Waals surface area contributed by atoms with Gasteiger partial charge in [-0.25, -0.2) is 4.98 Å². The Bertz CT molecular complexity index is 1450. The van der Waals surface area contributed by atoms with Crippen LogP contribution in [0.1, 0.15) is 42.5 Å². The lowest BCUT2D eigenvalue weighted by atomic mass is 9.51. The third kappa shape index (κ3) is 4.18. The molecule has 186 valence electrons. The topological polar surface area (TPSA) is 99.8 Å². The Morgan fingerprint density at radius 3 is 2.27 bits per heavy atom. The second kappa shape index (κ2) is 8.83. The molecule has 0 spiro atoms. The Hall–Kier alpha value is -4.00. The predicted molar refractivity (Wildman–Crippen MR) is 143 cm³/mol. The zero-order valence-electron chi connectivity index (χ0n) is 20.5. The highest BCUT2D eigenvalue weighted by Crippen LogP contribution is 2.56. The van der Waals surface area contributed by atoms with Crippen LogP contribution in [0.25, 0.3) is 22.4 Å². The molecule has 0 unspecified atom stereocenters. The van der Waals surface area contributed by atoms with Crippen LogP contribution in [0, 0.1) is 29.6 Å². The van der Waals surface area contributed by atoms with E-state index in [1.54, 1.807) is 18.3 Å². The van der Waals surface area contributed by atoms with E-state index in [4.69, 9.17) is 4.98 Å². The molecule has 7 heteroatoms. The van der Waals surface area contributed by atoms with E-state index in [9.17, 15) is 9.59 Å². The maximum Gasteiger partial charge on any atom is 0.257 e. The van der Waals surface area contributed by atoms with Crippen LogP contribution in [0.5, 0.6) is 0 Å². The number of hydrogen-bond acceptors (Lipinski definition) is 4. The van der Waals surface area contributed by atoms with Crippen molar-refractivity contribution in [3.8, 4) is 11.4 Å². The van der Waals surface area contributed by atoms with Crippen molar-refractivity contribution in [2.75, 3.05) is 10.6 Å². The number of rotatable bonds is 5. The predicted octanol–water partition coefficient (Wildman–Crippen LogP) is 5.89. The molecule has 7 nitrogen and oxygen atoms in total. The van der Waals surface area contributed by atoms with Gasteiger partial charge in [0.2, 0.25) is 5.91 Å². The minimum Gasteiger partial charge on any atom is -0.338 e. The Balaban J connectivity index is 1.05. The summed E-state index contributed by atoms with van der Waals surface area (Å²) in [6.07, 6.45) is 9.51. The van der Waals surface area contributed by atoms with E-state index in [1.165, 1.54) is 38.3 Å². The van der Waals surface area contributed by atoms with Crippen LogP contribution < -0.4 is 10.6 Å². The Labute approximate surface area is 215 Å². The summed E-state index contributed by atoms with van der Waals surface area (Å²) in [6, 6.07) is 16.9. The molecular weight excluding hydrogens is 462 g/mol. The number of fused-ring (bicyclic) bond motifs is 1. The van der Waals surface area contributed by atoms with Crippen molar-refractivity contribution in [3.63, 3.8) is 0 Å². The maximum absolute atomic E-state index is 13.3. The van der Waals surface area contributed by atoms with Crippen molar-refractivity contribution in [2.24, 2.45) is 29.6 Å². The molecule has 4 saturated carbocycles. The van der Waals surface area contributed by atoms with Crippen molar-refractivity contribution < 1.29 is 9.59 Å². The Kier molecular flexibility index (Phi) is 5.30. The number of H-pyrrole nitrogens is 1. The first-order valence-corrected chi connectivity index (χ1v) is 13.2. The maximum atomic E-state index is 13.3. The number of amides is 2. The fourth-order valence-corrected chi connectivity index (χ4v) is 7.21. The highest BCUT2D eigenvalue weighted by Gasteiger charge is 2.50. The van der Waals surface area contributed by atoms with Gasteiger partial charge in [-0.05, 0) is 110 Å². The lowest BCUT2D eigenvalue weighted by molar-refractivity contribution is -0.132. The van der Waals surface area contributed by atoms with Crippen LogP contribution in [0.3, 0.4) is 0 Å². The van der Waals surface area contributed by atoms with Crippen LogP contribution in [0.4, 0.5) is 11.4 Å². The summed E-state index contributed by atoms with van der Waals surface area (Å²) in [5.41, 5.74) is 4.66. The number of carbonyl (C=O) groups excluding carboxylic acids is 2. The van der Waals surface area contributed by atoms with Crippen LogP contribution in [-0.2, 0) is 4.79 Å². The number of carbonyl (C=O) groups is 2. The number of benzene rings is 2. The second-order valence-corrected chi connectivity index (χ2v) is 11.0. The molecule has 4 fully saturated rings. The third-order valence-electron chi connectivity index (χ3n) is 8.62.